The summed E-state index contributed by atoms with van der Waals surface area (Å²) in [6, 6.07) is 17.9. The first-order valence-electron chi connectivity index (χ1n) is 9.31. The number of rotatable bonds is 5. The standard InChI is InChI=1S/C23H21N3O/c1-15-25-22(13-17-6-7-17)21(23(27)26-15)12-16-8-10-18(11-9-16)20-5-3-2-4-19(20)14-24/h2-5,8-11,17H,6-7,12-13H2,1H3,(H,25,26,27). The van der Waals surface area contributed by atoms with Crippen molar-refractivity contribution in [3.8, 4) is 17.2 Å². The molecule has 134 valence electrons. The van der Waals surface area contributed by atoms with Crippen LogP contribution in [0.4, 0.5) is 0 Å². The third-order valence-electron chi connectivity index (χ3n) is 5.09. The van der Waals surface area contributed by atoms with E-state index in [-0.39, 0.29) is 5.56 Å². The lowest BCUT2D eigenvalue weighted by atomic mass is 9.97. The van der Waals surface area contributed by atoms with Crippen molar-refractivity contribution in [3.05, 3.63) is 87.1 Å². The van der Waals surface area contributed by atoms with Crippen molar-refractivity contribution >= 4 is 0 Å². The summed E-state index contributed by atoms with van der Waals surface area (Å²) in [5.41, 5.74) is 5.35. The fourth-order valence-corrected chi connectivity index (χ4v) is 3.45. The molecule has 1 fully saturated rings. The highest BCUT2D eigenvalue weighted by Gasteiger charge is 2.24. The van der Waals surface area contributed by atoms with Gasteiger partial charge in [0.15, 0.2) is 0 Å². The van der Waals surface area contributed by atoms with Crippen molar-refractivity contribution < 1.29 is 0 Å². The number of nitrogens with zero attached hydrogens (tertiary/aromatic N) is 2. The van der Waals surface area contributed by atoms with Gasteiger partial charge in [-0.25, -0.2) is 4.98 Å². The maximum Gasteiger partial charge on any atom is 0.254 e. The highest BCUT2D eigenvalue weighted by Crippen LogP contribution is 2.33. The molecule has 0 bridgehead atoms. The monoisotopic (exact) mass is 355 g/mol. The number of aryl methyl sites for hydroxylation is 1. The Morgan fingerprint density at radius 2 is 1.89 bits per heavy atom. The van der Waals surface area contributed by atoms with E-state index in [4.69, 9.17) is 0 Å². The van der Waals surface area contributed by atoms with Gasteiger partial charge in [-0.05, 0) is 54.9 Å². The molecule has 0 saturated heterocycles. The van der Waals surface area contributed by atoms with Crippen LogP contribution in [-0.2, 0) is 12.8 Å². The molecule has 1 aromatic heterocycles. The third kappa shape index (κ3) is 3.83. The molecule has 0 atom stereocenters. The van der Waals surface area contributed by atoms with Crippen molar-refractivity contribution in [2.75, 3.05) is 0 Å². The second kappa shape index (κ2) is 7.20. The number of aromatic amines is 1. The highest BCUT2D eigenvalue weighted by molar-refractivity contribution is 5.70. The van der Waals surface area contributed by atoms with Gasteiger partial charge in [-0.2, -0.15) is 5.26 Å². The van der Waals surface area contributed by atoms with Crippen LogP contribution in [0.3, 0.4) is 0 Å². The Kier molecular flexibility index (Phi) is 4.60. The second-order valence-electron chi connectivity index (χ2n) is 7.26. The molecular formula is C23H21N3O. The minimum Gasteiger partial charge on any atom is -0.311 e. The molecule has 4 nitrogen and oxygen atoms in total. The minimum atomic E-state index is -0.0305. The lowest BCUT2D eigenvalue weighted by Crippen LogP contribution is -2.20. The Morgan fingerprint density at radius 3 is 2.59 bits per heavy atom. The summed E-state index contributed by atoms with van der Waals surface area (Å²) < 4.78 is 0. The number of aromatic nitrogens is 2. The molecule has 1 aliphatic rings. The minimum absolute atomic E-state index is 0.0305. The van der Waals surface area contributed by atoms with Crippen molar-refractivity contribution in [1.29, 1.82) is 5.26 Å². The number of nitriles is 1. The Morgan fingerprint density at radius 1 is 1.15 bits per heavy atom. The van der Waals surface area contributed by atoms with E-state index in [9.17, 15) is 10.1 Å². The van der Waals surface area contributed by atoms with Crippen LogP contribution in [0, 0.1) is 24.2 Å². The molecule has 0 radical (unpaired) electrons. The average Bonchev–Trinajstić information content (AvgIpc) is 3.49. The summed E-state index contributed by atoms with van der Waals surface area (Å²) >= 11 is 0. The van der Waals surface area contributed by atoms with Crippen molar-refractivity contribution in [1.82, 2.24) is 9.97 Å². The molecule has 1 heterocycles. The number of nitrogens with one attached hydrogen (secondary N) is 1. The first-order chi connectivity index (χ1) is 13.1. The van der Waals surface area contributed by atoms with Crippen LogP contribution in [-0.4, -0.2) is 9.97 Å². The number of hydrogen-bond acceptors (Lipinski definition) is 3. The van der Waals surface area contributed by atoms with E-state index in [2.05, 4.69) is 16.0 Å². The average molecular weight is 355 g/mol. The van der Waals surface area contributed by atoms with Gasteiger partial charge in [0.05, 0.1) is 17.3 Å². The number of hydrogen-bond donors (Lipinski definition) is 1. The molecule has 0 aliphatic heterocycles. The van der Waals surface area contributed by atoms with Crippen molar-refractivity contribution in [2.45, 2.75) is 32.6 Å². The topological polar surface area (TPSA) is 69.5 Å². The van der Waals surface area contributed by atoms with Gasteiger partial charge in [0.1, 0.15) is 5.82 Å². The summed E-state index contributed by atoms with van der Waals surface area (Å²) in [4.78, 5) is 20.0. The lowest BCUT2D eigenvalue weighted by Gasteiger charge is -2.10. The van der Waals surface area contributed by atoms with Crippen molar-refractivity contribution in [3.63, 3.8) is 0 Å². The van der Waals surface area contributed by atoms with Gasteiger partial charge >= 0.3 is 0 Å². The molecule has 0 unspecified atom stereocenters. The van der Waals surface area contributed by atoms with Gasteiger partial charge in [0.2, 0.25) is 0 Å². The largest absolute Gasteiger partial charge is 0.311 e. The summed E-state index contributed by atoms with van der Waals surface area (Å²) in [5.74, 6) is 1.37. The van der Waals surface area contributed by atoms with Gasteiger partial charge in [0.25, 0.3) is 5.56 Å². The molecule has 4 rings (SSSR count). The van der Waals surface area contributed by atoms with Crippen LogP contribution in [0.1, 0.15) is 41.1 Å². The smallest absolute Gasteiger partial charge is 0.254 e. The van der Waals surface area contributed by atoms with E-state index < -0.39 is 0 Å². The maximum atomic E-state index is 12.5. The molecule has 1 saturated carbocycles. The summed E-state index contributed by atoms with van der Waals surface area (Å²) in [7, 11) is 0. The van der Waals surface area contributed by atoms with E-state index in [1.54, 1.807) is 0 Å². The van der Waals surface area contributed by atoms with Crippen molar-refractivity contribution in [2.24, 2.45) is 5.92 Å². The van der Waals surface area contributed by atoms with E-state index in [1.165, 1.54) is 12.8 Å². The van der Waals surface area contributed by atoms with Crippen LogP contribution in [0.2, 0.25) is 0 Å². The molecule has 27 heavy (non-hydrogen) atoms. The quantitative estimate of drug-likeness (QED) is 0.747. The Balaban J connectivity index is 1.63. The van der Waals surface area contributed by atoms with Crippen LogP contribution in [0.25, 0.3) is 11.1 Å². The summed E-state index contributed by atoms with van der Waals surface area (Å²) in [6.07, 6.45) is 3.94. The Hall–Kier alpha value is -3.19. The molecular weight excluding hydrogens is 334 g/mol. The van der Waals surface area contributed by atoms with Gasteiger partial charge in [-0.15, -0.1) is 0 Å². The first kappa shape index (κ1) is 17.2. The molecule has 1 N–H and O–H groups in total. The predicted molar refractivity (Wildman–Crippen MR) is 105 cm³/mol. The summed E-state index contributed by atoms with van der Waals surface area (Å²) in [5, 5.41) is 9.29. The van der Waals surface area contributed by atoms with Gasteiger partial charge < -0.3 is 4.98 Å². The molecule has 2 aromatic carbocycles. The fourth-order valence-electron chi connectivity index (χ4n) is 3.45. The molecule has 1 aliphatic carbocycles. The lowest BCUT2D eigenvalue weighted by molar-refractivity contribution is 0.768. The zero-order valence-electron chi connectivity index (χ0n) is 15.3. The summed E-state index contributed by atoms with van der Waals surface area (Å²) in [6.45, 7) is 1.84. The molecule has 0 spiro atoms. The zero-order chi connectivity index (χ0) is 18.8. The third-order valence-corrected chi connectivity index (χ3v) is 5.09. The number of H-pyrrole nitrogens is 1. The SMILES string of the molecule is Cc1nc(CC2CC2)c(Cc2ccc(-c3ccccc3C#N)cc2)c(=O)[nH]1. The van der Waals surface area contributed by atoms with Gasteiger partial charge in [-0.3, -0.25) is 4.79 Å². The first-order valence-corrected chi connectivity index (χ1v) is 9.31. The fraction of sp³-hybridized carbons (Fsp3) is 0.261. The van der Waals surface area contributed by atoms with Crippen LogP contribution in [0.15, 0.2) is 53.3 Å². The van der Waals surface area contributed by atoms with E-state index in [0.717, 1.165) is 34.4 Å². The van der Waals surface area contributed by atoms with E-state index in [1.807, 2.05) is 55.5 Å². The molecule has 4 heteroatoms. The molecule has 0 amide bonds. The van der Waals surface area contributed by atoms with Crippen LogP contribution in [0.5, 0.6) is 0 Å². The van der Waals surface area contributed by atoms with Crippen LogP contribution < -0.4 is 5.56 Å². The van der Waals surface area contributed by atoms with E-state index >= 15 is 0 Å². The Labute approximate surface area is 158 Å². The van der Waals surface area contributed by atoms with E-state index in [0.29, 0.717) is 23.7 Å². The van der Waals surface area contributed by atoms with Gasteiger partial charge in [0, 0.05) is 12.0 Å². The van der Waals surface area contributed by atoms with Gasteiger partial charge in [-0.1, -0.05) is 42.5 Å². The Bertz CT molecular complexity index is 1070. The maximum absolute atomic E-state index is 12.5. The normalized spacial score (nSPS) is 13.3. The predicted octanol–water partition coefficient (Wildman–Crippen LogP) is 4.16. The highest BCUT2D eigenvalue weighted by atomic mass is 16.1. The molecule has 3 aromatic rings. The number of benzene rings is 2. The van der Waals surface area contributed by atoms with Crippen LogP contribution >= 0.6 is 0 Å². The zero-order valence-corrected chi connectivity index (χ0v) is 15.3. The second-order valence-corrected chi connectivity index (χ2v) is 7.26.